The van der Waals surface area contributed by atoms with Crippen molar-refractivity contribution in [3.63, 3.8) is 0 Å². The lowest BCUT2D eigenvalue weighted by atomic mass is 9.92. The molecule has 0 bridgehead atoms. The summed E-state index contributed by atoms with van der Waals surface area (Å²) >= 11 is 0. The van der Waals surface area contributed by atoms with Gasteiger partial charge in [0, 0.05) is 26.2 Å². The number of nitrogens with zero attached hydrogens (tertiary/aromatic N) is 2. The van der Waals surface area contributed by atoms with Gasteiger partial charge < -0.3 is 5.11 Å². The Morgan fingerprint density at radius 1 is 0.900 bits per heavy atom. The molecular weight excluding hydrogens is 297 g/mol. The smallest absolute Gasteiger partial charge is 0.380 e. The van der Waals surface area contributed by atoms with E-state index in [1.807, 2.05) is 0 Å². The fourth-order valence-electron chi connectivity index (χ4n) is 2.63. The lowest BCUT2D eigenvalue weighted by Gasteiger charge is -2.40. The molecule has 20 heavy (non-hydrogen) atoms. The molecule has 0 saturated carbocycles. The number of hydrogen-bond acceptors (Lipinski definition) is 3. The second kappa shape index (κ2) is 5.43. The maximum Gasteiger partial charge on any atom is 0.417 e. The van der Waals surface area contributed by atoms with Crippen molar-refractivity contribution in [3.8, 4) is 0 Å². The fraction of sp³-hybridized carbons (Fsp3) is 1.00. The van der Waals surface area contributed by atoms with E-state index in [9.17, 15) is 26.7 Å². The van der Waals surface area contributed by atoms with Crippen LogP contribution >= 0.6 is 0 Å². The average molecular weight is 316 g/mol. The molecular formula is C11H19F3N2O3S. The fourth-order valence-corrected chi connectivity index (χ4v) is 4.32. The molecule has 2 heterocycles. The van der Waals surface area contributed by atoms with Crippen LogP contribution in [0.4, 0.5) is 13.2 Å². The van der Waals surface area contributed by atoms with Crippen molar-refractivity contribution in [1.29, 1.82) is 0 Å². The number of rotatable bonds is 2. The number of hydrogen-bond donors (Lipinski definition) is 1. The summed E-state index contributed by atoms with van der Waals surface area (Å²) in [6, 6.07) is 0. The zero-order valence-corrected chi connectivity index (χ0v) is 11.9. The molecule has 0 aromatic carbocycles. The van der Waals surface area contributed by atoms with Gasteiger partial charge in [-0.25, -0.2) is 0 Å². The van der Waals surface area contributed by atoms with Gasteiger partial charge >= 0.3 is 6.18 Å². The normalized spacial score (nSPS) is 26.6. The predicted octanol–water partition coefficient (Wildman–Crippen LogP) is 1.11. The maximum atomic E-state index is 12.7. The summed E-state index contributed by atoms with van der Waals surface area (Å²) in [5, 5.41) is 9.54. The molecule has 0 aromatic rings. The van der Waals surface area contributed by atoms with Crippen LogP contribution < -0.4 is 0 Å². The number of aliphatic hydroxyl groups is 1. The van der Waals surface area contributed by atoms with E-state index in [-0.39, 0.29) is 13.1 Å². The standard InChI is InChI=1S/C11H19F3N2O3S/c12-11(13,14)10(17)4-8-16(9-5-10)20(18,19)15-6-2-1-3-7-15/h17H,1-9H2. The van der Waals surface area contributed by atoms with E-state index in [0.29, 0.717) is 13.1 Å². The number of halogens is 3. The molecule has 2 rings (SSSR count). The first-order valence-corrected chi connectivity index (χ1v) is 8.11. The molecule has 0 atom stereocenters. The van der Waals surface area contributed by atoms with E-state index in [0.717, 1.165) is 23.6 Å². The van der Waals surface area contributed by atoms with Crippen molar-refractivity contribution in [3.05, 3.63) is 0 Å². The molecule has 2 aliphatic rings. The van der Waals surface area contributed by atoms with Crippen LogP contribution in [0.5, 0.6) is 0 Å². The minimum atomic E-state index is -4.71. The summed E-state index contributed by atoms with van der Waals surface area (Å²) < 4.78 is 65.0. The van der Waals surface area contributed by atoms with E-state index in [4.69, 9.17) is 0 Å². The Hall–Kier alpha value is -0.380. The average Bonchev–Trinajstić information content (AvgIpc) is 2.39. The molecule has 2 aliphatic heterocycles. The predicted molar refractivity (Wildman–Crippen MR) is 66.2 cm³/mol. The molecule has 1 N–H and O–H groups in total. The Morgan fingerprint density at radius 3 is 1.80 bits per heavy atom. The van der Waals surface area contributed by atoms with Gasteiger partial charge in [-0.05, 0) is 25.7 Å². The van der Waals surface area contributed by atoms with Crippen LogP contribution in [0.3, 0.4) is 0 Å². The first-order valence-electron chi connectivity index (χ1n) is 6.71. The zero-order valence-electron chi connectivity index (χ0n) is 11.1. The highest BCUT2D eigenvalue weighted by molar-refractivity contribution is 7.86. The Kier molecular flexibility index (Phi) is 4.35. The van der Waals surface area contributed by atoms with Crippen molar-refractivity contribution < 1.29 is 26.7 Å². The highest BCUT2D eigenvalue weighted by atomic mass is 32.2. The van der Waals surface area contributed by atoms with Crippen LogP contribution in [0.25, 0.3) is 0 Å². The van der Waals surface area contributed by atoms with Gasteiger partial charge in [0.2, 0.25) is 0 Å². The minimum Gasteiger partial charge on any atom is -0.380 e. The third-order valence-corrected chi connectivity index (χ3v) is 6.08. The Balaban J connectivity index is 2.03. The molecule has 2 fully saturated rings. The van der Waals surface area contributed by atoms with Gasteiger partial charge in [-0.15, -0.1) is 0 Å². The van der Waals surface area contributed by atoms with Crippen LogP contribution in [0.15, 0.2) is 0 Å². The molecule has 0 aromatic heterocycles. The van der Waals surface area contributed by atoms with Crippen LogP contribution in [0.2, 0.25) is 0 Å². The van der Waals surface area contributed by atoms with Crippen molar-refractivity contribution >= 4 is 10.2 Å². The summed E-state index contributed by atoms with van der Waals surface area (Å²) in [6.45, 7) is 0.244. The minimum absolute atomic E-state index is 0.297. The Bertz CT molecular complexity index is 438. The van der Waals surface area contributed by atoms with Crippen LogP contribution in [0.1, 0.15) is 32.1 Å². The highest BCUT2D eigenvalue weighted by Crippen LogP contribution is 2.39. The van der Waals surface area contributed by atoms with E-state index >= 15 is 0 Å². The van der Waals surface area contributed by atoms with Crippen molar-refractivity contribution in [2.24, 2.45) is 0 Å². The Labute approximate surface area is 116 Å². The van der Waals surface area contributed by atoms with Gasteiger partial charge in [-0.1, -0.05) is 6.42 Å². The number of alkyl halides is 3. The molecule has 0 unspecified atom stereocenters. The van der Waals surface area contributed by atoms with Crippen LogP contribution in [0, 0.1) is 0 Å². The molecule has 0 aliphatic carbocycles. The molecule has 0 radical (unpaired) electrons. The van der Waals surface area contributed by atoms with E-state index in [2.05, 4.69) is 0 Å². The molecule has 118 valence electrons. The van der Waals surface area contributed by atoms with Gasteiger partial charge in [0.25, 0.3) is 10.2 Å². The summed E-state index contributed by atoms with van der Waals surface area (Å²) in [5.41, 5.74) is -2.76. The van der Waals surface area contributed by atoms with Gasteiger partial charge in [0.15, 0.2) is 5.60 Å². The van der Waals surface area contributed by atoms with Gasteiger partial charge in [0.1, 0.15) is 0 Å². The monoisotopic (exact) mass is 316 g/mol. The summed E-state index contributed by atoms with van der Waals surface area (Å²) in [6.07, 6.45) is -3.40. The van der Waals surface area contributed by atoms with Crippen molar-refractivity contribution in [2.45, 2.75) is 43.9 Å². The maximum absolute atomic E-state index is 12.7. The third-order valence-electron chi connectivity index (χ3n) is 4.04. The highest BCUT2D eigenvalue weighted by Gasteiger charge is 2.55. The summed E-state index contributed by atoms with van der Waals surface area (Å²) in [7, 11) is -3.69. The second-order valence-electron chi connectivity index (χ2n) is 5.40. The topological polar surface area (TPSA) is 60.9 Å². The third kappa shape index (κ3) is 2.95. The Morgan fingerprint density at radius 2 is 1.35 bits per heavy atom. The largest absolute Gasteiger partial charge is 0.417 e. The quantitative estimate of drug-likeness (QED) is 0.830. The van der Waals surface area contributed by atoms with Crippen molar-refractivity contribution in [1.82, 2.24) is 8.61 Å². The first-order chi connectivity index (χ1) is 9.17. The summed E-state index contributed by atoms with van der Waals surface area (Å²) in [5.74, 6) is 0. The van der Waals surface area contributed by atoms with Gasteiger partial charge in [0.05, 0.1) is 0 Å². The van der Waals surface area contributed by atoms with Gasteiger partial charge in [-0.3, -0.25) is 0 Å². The molecule has 5 nitrogen and oxygen atoms in total. The van der Waals surface area contributed by atoms with Crippen LogP contribution in [-0.4, -0.2) is 60.1 Å². The van der Waals surface area contributed by atoms with Crippen molar-refractivity contribution in [2.75, 3.05) is 26.2 Å². The molecule has 0 spiro atoms. The number of piperidine rings is 2. The lowest BCUT2D eigenvalue weighted by Crippen LogP contribution is -2.56. The summed E-state index contributed by atoms with van der Waals surface area (Å²) in [4.78, 5) is 0. The molecule has 9 heteroatoms. The molecule has 0 amide bonds. The molecule has 2 saturated heterocycles. The van der Waals surface area contributed by atoms with E-state index in [1.165, 1.54) is 4.31 Å². The second-order valence-corrected chi connectivity index (χ2v) is 7.32. The SMILES string of the molecule is O=S(=O)(N1CCCCC1)N1CCC(O)(C(F)(F)F)CC1. The first kappa shape index (κ1) is 16.0. The van der Waals surface area contributed by atoms with Gasteiger partial charge in [-0.2, -0.15) is 30.2 Å². The zero-order chi connectivity index (χ0) is 15.0. The lowest BCUT2D eigenvalue weighted by molar-refractivity contribution is -0.270. The van der Waals surface area contributed by atoms with E-state index in [1.54, 1.807) is 0 Å². The van der Waals surface area contributed by atoms with Crippen LogP contribution in [-0.2, 0) is 10.2 Å². The van der Waals surface area contributed by atoms with E-state index < -0.39 is 34.8 Å².